The van der Waals surface area contributed by atoms with E-state index in [1.165, 1.54) is 0 Å². The third kappa shape index (κ3) is 2.69. The number of phenolic OH excluding ortho intramolecular Hbond substituents is 1. The van der Waals surface area contributed by atoms with Crippen molar-refractivity contribution >= 4 is 22.5 Å². The van der Waals surface area contributed by atoms with Crippen LogP contribution in [0, 0.1) is 0 Å². The second-order valence-electron chi connectivity index (χ2n) is 4.86. The molecule has 3 rings (SSSR count). The molecule has 108 valence electrons. The number of phenols is 1. The number of aromatic hydroxyl groups is 1. The van der Waals surface area contributed by atoms with Gasteiger partial charge in [-0.3, -0.25) is 0 Å². The van der Waals surface area contributed by atoms with E-state index in [4.69, 9.17) is 16.3 Å². The molecule has 0 spiro atoms. The second kappa shape index (κ2) is 5.70. The van der Waals surface area contributed by atoms with Crippen LogP contribution < -0.4 is 4.74 Å². The van der Waals surface area contributed by atoms with Gasteiger partial charge in [-0.2, -0.15) is 0 Å². The van der Waals surface area contributed by atoms with Gasteiger partial charge in [0.05, 0.1) is 5.52 Å². The number of rotatable bonds is 4. The summed E-state index contributed by atoms with van der Waals surface area (Å²) in [6.45, 7) is 3.28. The third-order valence-electron chi connectivity index (χ3n) is 3.49. The van der Waals surface area contributed by atoms with Gasteiger partial charge in [0.25, 0.3) is 0 Å². The van der Waals surface area contributed by atoms with Gasteiger partial charge >= 0.3 is 0 Å². The summed E-state index contributed by atoms with van der Waals surface area (Å²) in [4.78, 5) is 0. The van der Waals surface area contributed by atoms with Gasteiger partial charge < -0.3 is 14.4 Å². The molecule has 0 amide bonds. The van der Waals surface area contributed by atoms with Crippen LogP contribution in [0.1, 0.15) is 12.5 Å². The molecule has 4 heteroatoms. The molecule has 0 aliphatic heterocycles. The molecule has 0 bridgehead atoms. The maximum absolute atomic E-state index is 10.0. The van der Waals surface area contributed by atoms with E-state index < -0.39 is 0 Å². The highest BCUT2D eigenvalue weighted by molar-refractivity contribution is 6.30. The van der Waals surface area contributed by atoms with Crippen LogP contribution in [0.3, 0.4) is 0 Å². The fraction of sp³-hybridized carbons (Fsp3) is 0.176. The lowest BCUT2D eigenvalue weighted by Crippen LogP contribution is -1.95. The first-order valence-electron chi connectivity index (χ1n) is 6.87. The number of benzene rings is 2. The summed E-state index contributed by atoms with van der Waals surface area (Å²) in [6, 6.07) is 12.9. The number of fused-ring (bicyclic) bond motifs is 1. The van der Waals surface area contributed by atoms with Crippen LogP contribution in [-0.4, -0.2) is 9.67 Å². The van der Waals surface area contributed by atoms with Crippen molar-refractivity contribution in [3.63, 3.8) is 0 Å². The molecule has 0 atom stereocenters. The highest BCUT2D eigenvalue weighted by atomic mass is 35.5. The summed E-state index contributed by atoms with van der Waals surface area (Å²) in [5.74, 6) is 1.03. The van der Waals surface area contributed by atoms with Gasteiger partial charge in [0.1, 0.15) is 18.1 Å². The van der Waals surface area contributed by atoms with Gasteiger partial charge in [0.2, 0.25) is 0 Å². The number of nitrogens with zero attached hydrogens (tertiary/aromatic N) is 1. The minimum atomic E-state index is 0.295. The van der Waals surface area contributed by atoms with Gasteiger partial charge in [0, 0.05) is 28.7 Å². The number of ether oxygens (including phenoxy) is 1. The fourth-order valence-corrected chi connectivity index (χ4v) is 2.68. The SMILES string of the molecule is CCn1cc(COc2cccc(Cl)c2)c2cccc(O)c21. The van der Waals surface area contributed by atoms with E-state index in [2.05, 4.69) is 0 Å². The van der Waals surface area contributed by atoms with E-state index in [1.54, 1.807) is 12.1 Å². The van der Waals surface area contributed by atoms with E-state index in [0.29, 0.717) is 17.4 Å². The Balaban J connectivity index is 1.92. The highest BCUT2D eigenvalue weighted by Crippen LogP contribution is 2.30. The molecular formula is C17H16ClNO2. The zero-order chi connectivity index (χ0) is 14.8. The molecule has 0 saturated heterocycles. The number of hydrogen-bond donors (Lipinski definition) is 1. The Morgan fingerprint density at radius 1 is 1.19 bits per heavy atom. The van der Waals surface area contributed by atoms with E-state index in [0.717, 1.165) is 28.8 Å². The van der Waals surface area contributed by atoms with Crippen LogP contribution in [0.4, 0.5) is 0 Å². The quantitative estimate of drug-likeness (QED) is 0.764. The molecular weight excluding hydrogens is 286 g/mol. The summed E-state index contributed by atoms with van der Waals surface area (Å²) in [6.07, 6.45) is 2.02. The smallest absolute Gasteiger partial charge is 0.139 e. The first-order chi connectivity index (χ1) is 10.2. The molecule has 0 fully saturated rings. The first-order valence-corrected chi connectivity index (χ1v) is 7.25. The Hall–Kier alpha value is -2.13. The predicted molar refractivity (Wildman–Crippen MR) is 85.1 cm³/mol. The summed E-state index contributed by atoms with van der Waals surface area (Å²) in [7, 11) is 0. The van der Waals surface area contributed by atoms with Crippen molar-refractivity contribution in [2.24, 2.45) is 0 Å². The average Bonchev–Trinajstić information content (AvgIpc) is 2.85. The van der Waals surface area contributed by atoms with Crippen molar-refractivity contribution in [1.82, 2.24) is 4.57 Å². The number of hydrogen-bond acceptors (Lipinski definition) is 2. The number of halogens is 1. The molecule has 3 nitrogen and oxygen atoms in total. The molecule has 0 aliphatic carbocycles. The topological polar surface area (TPSA) is 34.4 Å². The molecule has 1 N–H and O–H groups in total. The number of aryl methyl sites for hydroxylation is 1. The average molecular weight is 302 g/mol. The van der Waals surface area contributed by atoms with Crippen molar-refractivity contribution in [1.29, 1.82) is 0 Å². The monoisotopic (exact) mass is 301 g/mol. The van der Waals surface area contributed by atoms with Crippen molar-refractivity contribution in [3.05, 3.63) is 59.2 Å². The van der Waals surface area contributed by atoms with Gasteiger partial charge in [-0.25, -0.2) is 0 Å². The Morgan fingerprint density at radius 2 is 2.00 bits per heavy atom. The van der Waals surface area contributed by atoms with Crippen LogP contribution in [0.15, 0.2) is 48.7 Å². The highest BCUT2D eigenvalue weighted by Gasteiger charge is 2.11. The van der Waals surface area contributed by atoms with Gasteiger partial charge in [-0.05, 0) is 31.2 Å². The Kier molecular flexibility index (Phi) is 3.76. The molecule has 0 unspecified atom stereocenters. The minimum absolute atomic E-state index is 0.295. The lowest BCUT2D eigenvalue weighted by atomic mass is 10.2. The summed E-state index contributed by atoms with van der Waals surface area (Å²) < 4.78 is 7.83. The zero-order valence-corrected chi connectivity index (χ0v) is 12.5. The molecule has 21 heavy (non-hydrogen) atoms. The van der Waals surface area contributed by atoms with Crippen LogP contribution >= 0.6 is 11.6 Å². The van der Waals surface area contributed by atoms with Crippen LogP contribution in [0.2, 0.25) is 5.02 Å². The van der Waals surface area contributed by atoms with E-state index >= 15 is 0 Å². The number of para-hydroxylation sites is 1. The normalized spacial score (nSPS) is 11.0. The molecule has 1 heterocycles. The summed E-state index contributed by atoms with van der Waals surface area (Å²) in [5, 5.41) is 11.7. The Bertz CT molecular complexity index is 780. The van der Waals surface area contributed by atoms with E-state index in [1.807, 2.05) is 48.0 Å². The maximum Gasteiger partial charge on any atom is 0.139 e. The third-order valence-corrected chi connectivity index (χ3v) is 3.73. The van der Waals surface area contributed by atoms with Crippen molar-refractivity contribution in [2.75, 3.05) is 0 Å². The minimum Gasteiger partial charge on any atom is -0.506 e. The Labute approximate surface area is 128 Å². The molecule has 0 aliphatic rings. The first kappa shape index (κ1) is 13.8. The second-order valence-corrected chi connectivity index (χ2v) is 5.30. The van der Waals surface area contributed by atoms with Crippen molar-refractivity contribution in [2.45, 2.75) is 20.1 Å². The van der Waals surface area contributed by atoms with Crippen LogP contribution in [0.5, 0.6) is 11.5 Å². The van der Waals surface area contributed by atoms with Crippen molar-refractivity contribution in [3.8, 4) is 11.5 Å². The summed E-state index contributed by atoms with van der Waals surface area (Å²) in [5.41, 5.74) is 1.90. The largest absolute Gasteiger partial charge is 0.506 e. The molecule has 2 aromatic carbocycles. The lowest BCUT2D eigenvalue weighted by molar-refractivity contribution is 0.307. The fourth-order valence-electron chi connectivity index (χ4n) is 2.50. The van der Waals surface area contributed by atoms with E-state index in [9.17, 15) is 5.11 Å². The maximum atomic E-state index is 10.0. The van der Waals surface area contributed by atoms with Gasteiger partial charge in [-0.1, -0.05) is 29.8 Å². The van der Waals surface area contributed by atoms with Crippen molar-refractivity contribution < 1.29 is 9.84 Å². The van der Waals surface area contributed by atoms with Gasteiger partial charge in [-0.15, -0.1) is 0 Å². The Morgan fingerprint density at radius 3 is 2.76 bits per heavy atom. The molecule has 3 aromatic rings. The van der Waals surface area contributed by atoms with E-state index in [-0.39, 0.29) is 0 Å². The molecule has 1 aromatic heterocycles. The lowest BCUT2D eigenvalue weighted by Gasteiger charge is -2.05. The van der Waals surface area contributed by atoms with Gasteiger partial charge in [0.15, 0.2) is 0 Å². The molecule has 0 saturated carbocycles. The summed E-state index contributed by atoms with van der Waals surface area (Å²) >= 11 is 5.95. The zero-order valence-electron chi connectivity index (χ0n) is 11.7. The number of aromatic nitrogens is 1. The molecule has 0 radical (unpaired) electrons. The van der Waals surface area contributed by atoms with Crippen LogP contribution in [0.25, 0.3) is 10.9 Å². The van der Waals surface area contributed by atoms with Crippen LogP contribution in [-0.2, 0) is 13.2 Å². The standard InChI is InChI=1S/C17H16ClNO2/c1-2-19-10-12(15-7-4-8-16(20)17(15)19)11-21-14-6-3-5-13(18)9-14/h3-10,20H,2,11H2,1H3. The predicted octanol–water partition coefficient (Wildman–Crippen LogP) is 4.60.